The lowest BCUT2D eigenvalue weighted by Gasteiger charge is -2.45. The van der Waals surface area contributed by atoms with Crippen molar-refractivity contribution in [3.63, 3.8) is 0 Å². The molecule has 2 fully saturated rings. The zero-order chi connectivity index (χ0) is 10.7. The van der Waals surface area contributed by atoms with Gasteiger partial charge in [0.25, 0.3) is 0 Å². The molecular formula is C11H23N3O. The van der Waals surface area contributed by atoms with Gasteiger partial charge in [-0.15, -0.1) is 0 Å². The summed E-state index contributed by atoms with van der Waals surface area (Å²) in [5, 5.41) is 3.35. The Morgan fingerprint density at radius 1 is 1.40 bits per heavy atom. The van der Waals surface area contributed by atoms with Crippen molar-refractivity contribution in [2.75, 3.05) is 53.5 Å². The number of morpholine rings is 1. The van der Waals surface area contributed by atoms with Crippen LogP contribution in [0.3, 0.4) is 0 Å². The zero-order valence-electron chi connectivity index (χ0n) is 9.91. The first kappa shape index (κ1) is 11.3. The van der Waals surface area contributed by atoms with E-state index >= 15 is 0 Å². The summed E-state index contributed by atoms with van der Waals surface area (Å²) in [4.78, 5) is 4.90. The molecule has 1 atom stereocenters. The van der Waals surface area contributed by atoms with Crippen LogP contribution in [0.1, 0.15) is 6.42 Å². The number of ether oxygens (including phenoxy) is 1. The predicted molar refractivity (Wildman–Crippen MR) is 61.1 cm³/mol. The Hall–Kier alpha value is -0.160. The highest BCUT2D eigenvalue weighted by Crippen LogP contribution is 2.16. The van der Waals surface area contributed by atoms with Crippen molar-refractivity contribution >= 4 is 0 Å². The van der Waals surface area contributed by atoms with Gasteiger partial charge in [-0.3, -0.25) is 4.90 Å². The third-order valence-corrected chi connectivity index (χ3v) is 3.41. The molecule has 0 bridgehead atoms. The molecule has 2 heterocycles. The standard InChI is InChI=1S/C11H23N3O/c1-13(2)4-3-10-9-15-6-5-14(10)11-7-12-8-11/h10-12H,3-9H2,1-2H3. The van der Waals surface area contributed by atoms with Crippen LogP contribution < -0.4 is 5.32 Å². The van der Waals surface area contributed by atoms with E-state index < -0.39 is 0 Å². The number of hydrogen-bond acceptors (Lipinski definition) is 4. The fourth-order valence-corrected chi connectivity index (χ4v) is 2.31. The average Bonchev–Trinajstić information content (AvgIpc) is 2.14. The van der Waals surface area contributed by atoms with E-state index in [-0.39, 0.29) is 0 Å². The topological polar surface area (TPSA) is 27.7 Å². The van der Waals surface area contributed by atoms with Gasteiger partial charge in [0.15, 0.2) is 0 Å². The van der Waals surface area contributed by atoms with Crippen molar-refractivity contribution in [3.05, 3.63) is 0 Å². The molecule has 0 aromatic rings. The molecular weight excluding hydrogens is 190 g/mol. The third-order valence-electron chi connectivity index (χ3n) is 3.41. The van der Waals surface area contributed by atoms with Crippen LogP contribution in [0, 0.1) is 0 Å². The SMILES string of the molecule is CN(C)CCC1COCCN1C1CNC1. The summed E-state index contributed by atoms with van der Waals surface area (Å²) in [7, 11) is 4.28. The van der Waals surface area contributed by atoms with Gasteiger partial charge >= 0.3 is 0 Å². The third kappa shape index (κ3) is 2.91. The van der Waals surface area contributed by atoms with E-state index in [1.807, 2.05) is 0 Å². The van der Waals surface area contributed by atoms with Crippen LogP contribution in [0.15, 0.2) is 0 Å². The molecule has 4 nitrogen and oxygen atoms in total. The molecule has 0 aliphatic carbocycles. The van der Waals surface area contributed by atoms with E-state index in [1.165, 1.54) is 19.5 Å². The van der Waals surface area contributed by atoms with Crippen LogP contribution in [-0.2, 0) is 4.74 Å². The smallest absolute Gasteiger partial charge is 0.0623 e. The first-order valence-corrected chi connectivity index (χ1v) is 5.96. The molecule has 2 aliphatic rings. The van der Waals surface area contributed by atoms with Gasteiger partial charge < -0.3 is 15.0 Å². The summed E-state index contributed by atoms with van der Waals surface area (Å²) in [5.74, 6) is 0. The molecule has 0 aromatic heterocycles. The monoisotopic (exact) mass is 213 g/mol. The van der Waals surface area contributed by atoms with Gasteiger partial charge in [-0.05, 0) is 27.1 Å². The van der Waals surface area contributed by atoms with E-state index in [2.05, 4.69) is 29.2 Å². The second-order valence-corrected chi connectivity index (χ2v) is 4.87. The van der Waals surface area contributed by atoms with Crippen LogP contribution >= 0.6 is 0 Å². The Morgan fingerprint density at radius 2 is 2.20 bits per heavy atom. The maximum Gasteiger partial charge on any atom is 0.0623 e. The summed E-state index contributed by atoms with van der Waals surface area (Å²) >= 11 is 0. The van der Waals surface area contributed by atoms with E-state index in [9.17, 15) is 0 Å². The van der Waals surface area contributed by atoms with Gasteiger partial charge in [0.1, 0.15) is 0 Å². The zero-order valence-corrected chi connectivity index (χ0v) is 9.91. The molecule has 0 radical (unpaired) electrons. The van der Waals surface area contributed by atoms with Crippen LogP contribution in [0.5, 0.6) is 0 Å². The predicted octanol–water partition coefficient (Wildman–Crippen LogP) is -0.389. The van der Waals surface area contributed by atoms with Gasteiger partial charge in [0.05, 0.1) is 13.2 Å². The molecule has 0 spiro atoms. The van der Waals surface area contributed by atoms with Crippen molar-refractivity contribution in [3.8, 4) is 0 Å². The van der Waals surface area contributed by atoms with Crippen molar-refractivity contribution < 1.29 is 4.74 Å². The molecule has 2 rings (SSSR count). The van der Waals surface area contributed by atoms with E-state index in [0.717, 1.165) is 32.3 Å². The van der Waals surface area contributed by atoms with E-state index in [4.69, 9.17) is 4.74 Å². The van der Waals surface area contributed by atoms with Gasteiger partial charge in [-0.1, -0.05) is 0 Å². The van der Waals surface area contributed by atoms with E-state index in [0.29, 0.717) is 6.04 Å². The number of nitrogens with one attached hydrogen (secondary N) is 1. The van der Waals surface area contributed by atoms with E-state index in [1.54, 1.807) is 0 Å². The first-order chi connectivity index (χ1) is 7.27. The lowest BCUT2D eigenvalue weighted by atomic mass is 10.0. The quantitative estimate of drug-likeness (QED) is 0.688. The summed E-state index contributed by atoms with van der Waals surface area (Å²) < 4.78 is 5.58. The maximum atomic E-state index is 5.58. The maximum absolute atomic E-state index is 5.58. The fraction of sp³-hybridized carbons (Fsp3) is 1.00. The largest absolute Gasteiger partial charge is 0.378 e. The lowest BCUT2D eigenvalue weighted by molar-refractivity contribution is -0.0433. The molecule has 0 aromatic carbocycles. The Morgan fingerprint density at radius 3 is 2.80 bits per heavy atom. The van der Waals surface area contributed by atoms with Gasteiger partial charge in [-0.25, -0.2) is 0 Å². The molecule has 0 saturated carbocycles. The van der Waals surface area contributed by atoms with Crippen molar-refractivity contribution in [2.24, 2.45) is 0 Å². The summed E-state index contributed by atoms with van der Waals surface area (Å²) in [5.41, 5.74) is 0. The molecule has 1 N–H and O–H groups in total. The second-order valence-electron chi connectivity index (χ2n) is 4.87. The molecule has 1 unspecified atom stereocenters. The minimum absolute atomic E-state index is 0.633. The molecule has 2 aliphatic heterocycles. The Bertz CT molecular complexity index is 194. The molecule has 15 heavy (non-hydrogen) atoms. The Balaban J connectivity index is 1.82. The summed E-state index contributed by atoms with van der Waals surface area (Å²) in [6.07, 6.45) is 1.23. The fourth-order valence-electron chi connectivity index (χ4n) is 2.31. The highest BCUT2D eigenvalue weighted by atomic mass is 16.5. The first-order valence-electron chi connectivity index (χ1n) is 5.96. The molecule has 4 heteroatoms. The van der Waals surface area contributed by atoms with Crippen molar-refractivity contribution in [1.82, 2.24) is 15.1 Å². The minimum Gasteiger partial charge on any atom is -0.378 e. The summed E-state index contributed by atoms with van der Waals surface area (Å²) in [6, 6.07) is 1.40. The molecule has 0 amide bonds. The number of rotatable bonds is 4. The normalized spacial score (nSPS) is 29.4. The molecule has 2 saturated heterocycles. The van der Waals surface area contributed by atoms with Crippen molar-refractivity contribution in [2.45, 2.75) is 18.5 Å². The van der Waals surface area contributed by atoms with Crippen LogP contribution in [0.25, 0.3) is 0 Å². The van der Waals surface area contributed by atoms with Gasteiger partial charge in [0, 0.05) is 31.7 Å². The van der Waals surface area contributed by atoms with Crippen LogP contribution in [-0.4, -0.2) is 75.4 Å². The highest BCUT2D eigenvalue weighted by Gasteiger charge is 2.32. The Kier molecular flexibility index (Phi) is 3.97. The van der Waals surface area contributed by atoms with Crippen molar-refractivity contribution in [1.29, 1.82) is 0 Å². The average molecular weight is 213 g/mol. The number of nitrogens with zero attached hydrogens (tertiary/aromatic N) is 2. The highest BCUT2D eigenvalue weighted by molar-refractivity contribution is 4.90. The molecule has 88 valence electrons. The summed E-state index contributed by atoms with van der Waals surface area (Å²) in [6.45, 7) is 6.44. The van der Waals surface area contributed by atoms with Gasteiger partial charge in [-0.2, -0.15) is 0 Å². The Labute approximate surface area is 92.6 Å². The second kappa shape index (κ2) is 5.25. The lowest BCUT2D eigenvalue weighted by Crippen LogP contribution is -2.63. The van der Waals surface area contributed by atoms with Crippen LogP contribution in [0.2, 0.25) is 0 Å². The van der Waals surface area contributed by atoms with Crippen LogP contribution in [0.4, 0.5) is 0 Å². The van der Waals surface area contributed by atoms with Gasteiger partial charge in [0.2, 0.25) is 0 Å². The number of hydrogen-bond donors (Lipinski definition) is 1. The minimum atomic E-state index is 0.633.